The minimum atomic E-state index is -1.58. The molecule has 0 atom stereocenters. The Morgan fingerprint density at radius 2 is 1.92 bits per heavy atom. The molecule has 0 heterocycles. The maximum atomic E-state index is 12.9. The second-order valence-electron chi connectivity index (χ2n) is 2.18. The molecule has 13 heavy (non-hydrogen) atoms. The van der Waals surface area contributed by atoms with Gasteiger partial charge in [0.05, 0.1) is 5.56 Å². The first-order chi connectivity index (χ1) is 6.11. The number of hydrogen-bond donors (Lipinski definition) is 0. The Balaban J connectivity index is 3.59. The molecule has 1 aromatic carbocycles. The molecule has 0 radical (unpaired) electrons. The molecule has 66 valence electrons. The van der Waals surface area contributed by atoms with Crippen LogP contribution in [0, 0.1) is 28.8 Å². The monoisotopic (exact) mass is 185 g/mol. The maximum Gasteiger partial charge on any atom is 0.179 e. The molecule has 2 nitrogen and oxygen atoms in total. The molecule has 0 saturated carbocycles. The summed E-state index contributed by atoms with van der Waals surface area (Å²) in [5, 5.41) is 8.23. The summed E-state index contributed by atoms with van der Waals surface area (Å²) < 4.78 is 38.0. The first-order valence-electron chi connectivity index (χ1n) is 3.14. The van der Waals surface area contributed by atoms with Gasteiger partial charge in [0.2, 0.25) is 0 Å². The van der Waals surface area contributed by atoms with Crippen molar-refractivity contribution in [3.63, 3.8) is 0 Å². The van der Waals surface area contributed by atoms with Crippen molar-refractivity contribution in [3.8, 4) is 6.07 Å². The summed E-state index contributed by atoms with van der Waals surface area (Å²) in [5.41, 5.74) is -1.75. The highest BCUT2D eigenvalue weighted by Crippen LogP contribution is 2.17. The second-order valence-corrected chi connectivity index (χ2v) is 2.18. The Hall–Kier alpha value is -1.83. The molecule has 0 aliphatic carbocycles. The van der Waals surface area contributed by atoms with Crippen molar-refractivity contribution >= 4 is 6.29 Å². The van der Waals surface area contributed by atoms with Crippen molar-refractivity contribution in [2.75, 3.05) is 0 Å². The predicted octanol–water partition coefficient (Wildman–Crippen LogP) is 1.79. The quantitative estimate of drug-likeness (QED) is 0.494. The fourth-order valence-corrected chi connectivity index (χ4v) is 0.807. The zero-order valence-electron chi connectivity index (χ0n) is 6.14. The van der Waals surface area contributed by atoms with Gasteiger partial charge in [0, 0.05) is 0 Å². The number of hydrogen-bond acceptors (Lipinski definition) is 2. The van der Waals surface area contributed by atoms with Crippen LogP contribution in [0.5, 0.6) is 0 Å². The van der Waals surface area contributed by atoms with E-state index in [9.17, 15) is 18.0 Å². The zero-order valence-corrected chi connectivity index (χ0v) is 6.14. The molecule has 0 spiro atoms. The van der Waals surface area contributed by atoms with Gasteiger partial charge >= 0.3 is 0 Å². The minimum absolute atomic E-state index is 0.0126. The van der Waals surface area contributed by atoms with E-state index in [0.29, 0.717) is 6.07 Å². The normalized spacial score (nSPS) is 9.38. The lowest BCUT2D eigenvalue weighted by atomic mass is 10.1. The van der Waals surface area contributed by atoms with Crippen LogP contribution in [0.25, 0.3) is 0 Å². The Kier molecular flexibility index (Phi) is 2.33. The van der Waals surface area contributed by atoms with Gasteiger partial charge in [-0.05, 0) is 6.07 Å². The molecule has 0 unspecified atom stereocenters. The van der Waals surface area contributed by atoms with Crippen LogP contribution in [0.1, 0.15) is 15.9 Å². The number of benzene rings is 1. The topological polar surface area (TPSA) is 40.9 Å². The SMILES string of the molecule is N#Cc1c(F)c(F)cc(C=O)c1F. The third-order valence-corrected chi connectivity index (χ3v) is 1.42. The van der Waals surface area contributed by atoms with Crippen molar-refractivity contribution in [1.29, 1.82) is 5.26 Å². The van der Waals surface area contributed by atoms with Gasteiger partial charge < -0.3 is 0 Å². The molecule has 0 aliphatic rings. The van der Waals surface area contributed by atoms with E-state index in [1.54, 1.807) is 0 Å². The highest BCUT2D eigenvalue weighted by molar-refractivity contribution is 5.76. The molecule has 0 aromatic heterocycles. The first kappa shape index (κ1) is 9.26. The van der Waals surface area contributed by atoms with Crippen LogP contribution >= 0.6 is 0 Å². The van der Waals surface area contributed by atoms with E-state index in [-0.39, 0.29) is 6.29 Å². The minimum Gasteiger partial charge on any atom is -0.298 e. The summed E-state index contributed by atoms with van der Waals surface area (Å²) in [7, 11) is 0. The van der Waals surface area contributed by atoms with E-state index in [1.165, 1.54) is 0 Å². The molecule has 0 amide bonds. The highest BCUT2D eigenvalue weighted by Gasteiger charge is 2.17. The number of carbonyl (C=O) groups is 1. The summed E-state index contributed by atoms with van der Waals surface area (Å²) in [6.45, 7) is 0. The third kappa shape index (κ3) is 1.38. The average molecular weight is 185 g/mol. The number of aldehydes is 1. The van der Waals surface area contributed by atoms with Crippen LogP contribution in [0.3, 0.4) is 0 Å². The van der Waals surface area contributed by atoms with Gasteiger partial charge in [-0.25, -0.2) is 13.2 Å². The Morgan fingerprint density at radius 3 is 2.38 bits per heavy atom. The average Bonchev–Trinajstić information content (AvgIpc) is 2.12. The Bertz CT molecular complexity index is 409. The largest absolute Gasteiger partial charge is 0.298 e. The van der Waals surface area contributed by atoms with Gasteiger partial charge in [0.15, 0.2) is 23.7 Å². The number of nitrogens with zero attached hydrogens (tertiary/aromatic N) is 1. The van der Waals surface area contributed by atoms with Crippen LogP contribution in [0.15, 0.2) is 6.07 Å². The van der Waals surface area contributed by atoms with Gasteiger partial charge in [0.25, 0.3) is 0 Å². The van der Waals surface area contributed by atoms with Gasteiger partial charge in [-0.3, -0.25) is 4.79 Å². The summed E-state index contributed by atoms with van der Waals surface area (Å²) in [6.07, 6.45) is 0.0126. The number of carbonyl (C=O) groups excluding carboxylic acids is 1. The fraction of sp³-hybridized carbons (Fsp3) is 0. The predicted molar refractivity (Wildman–Crippen MR) is 36.4 cm³/mol. The summed E-state index contributed by atoms with van der Waals surface area (Å²) in [4.78, 5) is 10.1. The second kappa shape index (κ2) is 3.27. The molecule has 0 saturated heterocycles. The number of halogens is 3. The van der Waals surface area contributed by atoms with Crippen molar-refractivity contribution in [1.82, 2.24) is 0 Å². The van der Waals surface area contributed by atoms with Crippen LogP contribution < -0.4 is 0 Å². The van der Waals surface area contributed by atoms with Gasteiger partial charge in [-0.1, -0.05) is 0 Å². The van der Waals surface area contributed by atoms with Crippen LogP contribution in [-0.4, -0.2) is 6.29 Å². The van der Waals surface area contributed by atoms with Crippen molar-refractivity contribution in [3.05, 3.63) is 34.6 Å². The Labute approximate surface area is 71.2 Å². The van der Waals surface area contributed by atoms with Gasteiger partial charge in [0.1, 0.15) is 11.6 Å². The number of rotatable bonds is 1. The fourth-order valence-electron chi connectivity index (χ4n) is 0.807. The van der Waals surface area contributed by atoms with Gasteiger partial charge in [-0.2, -0.15) is 5.26 Å². The Morgan fingerprint density at radius 1 is 1.31 bits per heavy atom. The highest BCUT2D eigenvalue weighted by atomic mass is 19.2. The van der Waals surface area contributed by atoms with E-state index in [0.717, 1.165) is 6.07 Å². The third-order valence-electron chi connectivity index (χ3n) is 1.42. The molecule has 1 aromatic rings. The van der Waals surface area contributed by atoms with E-state index in [4.69, 9.17) is 5.26 Å². The van der Waals surface area contributed by atoms with Crippen LogP contribution in [0.4, 0.5) is 13.2 Å². The van der Waals surface area contributed by atoms with Gasteiger partial charge in [-0.15, -0.1) is 0 Å². The molecule has 0 bridgehead atoms. The lowest BCUT2D eigenvalue weighted by Gasteiger charge is -1.99. The van der Waals surface area contributed by atoms with E-state index < -0.39 is 28.6 Å². The maximum absolute atomic E-state index is 12.9. The standard InChI is InChI=1S/C8H2F3NO/c9-6-1-4(3-13)7(10)5(2-12)8(6)11/h1,3H. The molecule has 0 fully saturated rings. The zero-order chi connectivity index (χ0) is 10.0. The lowest BCUT2D eigenvalue weighted by Crippen LogP contribution is -2.00. The molecule has 0 aliphatic heterocycles. The molecular weight excluding hydrogens is 183 g/mol. The van der Waals surface area contributed by atoms with Crippen molar-refractivity contribution in [2.24, 2.45) is 0 Å². The smallest absolute Gasteiger partial charge is 0.179 e. The molecule has 1 rings (SSSR count). The van der Waals surface area contributed by atoms with E-state index in [2.05, 4.69) is 0 Å². The van der Waals surface area contributed by atoms with E-state index in [1.807, 2.05) is 0 Å². The first-order valence-corrected chi connectivity index (χ1v) is 3.14. The summed E-state index contributed by atoms with van der Waals surface area (Å²) >= 11 is 0. The van der Waals surface area contributed by atoms with Crippen molar-refractivity contribution < 1.29 is 18.0 Å². The number of nitriles is 1. The summed E-state index contributed by atoms with van der Waals surface area (Å²) in [5.74, 6) is -4.33. The van der Waals surface area contributed by atoms with Crippen LogP contribution in [-0.2, 0) is 0 Å². The summed E-state index contributed by atoms with van der Waals surface area (Å²) in [6, 6.07) is 1.53. The molecule has 5 heteroatoms. The lowest BCUT2D eigenvalue weighted by molar-refractivity contribution is 0.111. The van der Waals surface area contributed by atoms with Crippen molar-refractivity contribution in [2.45, 2.75) is 0 Å². The van der Waals surface area contributed by atoms with Crippen LogP contribution in [0.2, 0.25) is 0 Å². The molecular formula is C8H2F3NO. The molecule has 0 N–H and O–H groups in total. The van der Waals surface area contributed by atoms with E-state index >= 15 is 0 Å².